The van der Waals surface area contributed by atoms with E-state index in [-0.39, 0.29) is 18.4 Å². The summed E-state index contributed by atoms with van der Waals surface area (Å²) in [6, 6.07) is 5.50. The number of ether oxygens (including phenoxy) is 2. The summed E-state index contributed by atoms with van der Waals surface area (Å²) in [5, 5.41) is 0. The molecule has 0 radical (unpaired) electrons. The molecule has 0 amide bonds. The quantitative estimate of drug-likeness (QED) is 0.591. The number of halogens is 6. The average Bonchev–Trinajstić information content (AvgIpc) is 2.34. The lowest BCUT2D eigenvalue weighted by molar-refractivity contribution is -0.267. The van der Waals surface area contributed by atoms with Crippen LogP contribution in [0.2, 0.25) is 0 Å². The van der Waals surface area contributed by atoms with Crippen molar-refractivity contribution in [3.8, 4) is 5.75 Å². The van der Waals surface area contributed by atoms with Crippen LogP contribution < -0.4 is 4.74 Å². The summed E-state index contributed by atoms with van der Waals surface area (Å²) in [5.74, 6) is -3.10. The smallest absolute Gasteiger partial charge is 0.403 e. The highest BCUT2D eigenvalue weighted by molar-refractivity contribution is 5.51. The Kier molecular flexibility index (Phi) is 5.65. The summed E-state index contributed by atoms with van der Waals surface area (Å²) in [7, 11) is 1.41. The lowest BCUT2D eigenvalue weighted by Crippen LogP contribution is -2.34. The molecule has 0 atom stereocenters. The fraction of sp³-hybridized carbons (Fsp3) is 0.385. The summed E-state index contributed by atoms with van der Waals surface area (Å²) in [6.45, 7) is -0.0145. The number of rotatable bonds is 5. The van der Waals surface area contributed by atoms with E-state index in [1.165, 1.54) is 31.4 Å². The second kappa shape index (κ2) is 6.84. The number of methoxy groups -OCH3 is 1. The molecule has 118 valence electrons. The highest BCUT2D eigenvalue weighted by Gasteiger charge is 2.54. The minimum absolute atomic E-state index is 0.0145. The first-order valence-corrected chi connectivity index (χ1v) is 5.68. The van der Waals surface area contributed by atoms with Gasteiger partial charge in [-0.1, -0.05) is 24.3 Å². The van der Waals surface area contributed by atoms with Crippen molar-refractivity contribution in [2.45, 2.75) is 12.4 Å². The fourth-order valence-corrected chi connectivity index (χ4v) is 1.41. The van der Waals surface area contributed by atoms with Crippen molar-refractivity contribution < 1.29 is 35.8 Å². The molecule has 0 N–H and O–H groups in total. The fourth-order valence-electron chi connectivity index (χ4n) is 1.41. The Balaban J connectivity index is 2.82. The Bertz CT molecular complexity index is 447. The molecule has 8 heteroatoms. The van der Waals surface area contributed by atoms with Crippen LogP contribution in [0.25, 0.3) is 6.08 Å². The normalized spacial score (nSPS) is 13.1. The van der Waals surface area contributed by atoms with E-state index in [1.54, 1.807) is 0 Å². The molecule has 1 aromatic carbocycles. The number of hydrogen-bond donors (Lipinski definition) is 0. The summed E-state index contributed by atoms with van der Waals surface area (Å²) >= 11 is 0. The van der Waals surface area contributed by atoms with Gasteiger partial charge in [-0.2, -0.15) is 26.3 Å². The number of alkyl halides is 6. The summed E-state index contributed by atoms with van der Waals surface area (Å²) in [5.41, 5.74) is 0.193. The van der Waals surface area contributed by atoms with Crippen LogP contribution >= 0.6 is 0 Å². The topological polar surface area (TPSA) is 18.5 Å². The SMILES string of the molecule is COCOc1ccc(C=CC(C(F)(F)F)C(F)(F)F)cc1. The summed E-state index contributed by atoms with van der Waals surface area (Å²) in [6.07, 6.45) is -9.90. The zero-order valence-corrected chi connectivity index (χ0v) is 10.8. The van der Waals surface area contributed by atoms with E-state index in [4.69, 9.17) is 4.74 Å². The van der Waals surface area contributed by atoms with Crippen LogP contribution in [0.1, 0.15) is 5.56 Å². The molecule has 0 aromatic heterocycles. The molecule has 21 heavy (non-hydrogen) atoms. The minimum atomic E-state index is -5.38. The average molecular weight is 314 g/mol. The Morgan fingerprint density at radius 1 is 1.00 bits per heavy atom. The lowest BCUT2D eigenvalue weighted by atomic mass is 10.1. The van der Waals surface area contributed by atoms with Gasteiger partial charge in [0.1, 0.15) is 5.75 Å². The standard InChI is InChI=1S/C13H12F6O2/c1-20-8-21-10-5-2-9(3-6-10)4-7-11(12(14,15)16)13(17,18)19/h2-7,11H,8H2,1H3. The van der Waals surface area contributed by atoms with Gasteiger partial charge in [0.05, 0.1) is 0 Å². The first-order chi connectivity index (χ1) is 9.64. The van der Waals surface area contributed by atoms with Crippen LogP contribution in [-0.2, 0) is 4.74 Å². The van der Waals surface area contributed by atoms with Gasteiger partial charge in [-0.3, -0.25) is 0 Å². The van der Waals surface area contributed by atoms with E-state index in [9.17, 15) is 26.3 Å². The molecular formula is C13H12F6O2. The second-order valence-corrected chi connectivity index (χ2v) is 4.04. The zero-order valence-electron chi connectivity index (χ0n) is 10.8. The predicted molar refractivity (Wildman–Crippen MR) is 63.6 cm³/mol. The van der Waals surface area contributed by atoms with Crippen molar-refractivity contribution in [1.29, 1.82) is 0 Å². The first kappa shape index (κ1) is 17.4. The van der Waals surface area contributed by atoms with Gasteiger partial charge in [0.2, 0.25) is 0 Å². The molecule has 0 saturated heterocycles. The van der Waals surface area contributed by atoms with Gasteiger partial charge in [-0.15, -0.1) is 0 Å². The maximum absolute atomic E-state index is 12.3. The van der Waals surface area contributed by atoms with Crippen molar-refractivity contribution in [3.05, 3.63) is 35.9 Å². The van der Waals surface area contributed by atoms with E-state index < -0.39 is 18.3 Å². The molecule has 0 aliphatic heterocycles. The predicted octanol–water partition coefficient (Wildman–Crippen LogP) is 4.42. The van der Waals surface area contributed by atoms with Crippen molar-refractivity contribution in [2.24, 2.45) is 5.92 Å². The molecule has 2 nitrogen and oxygen atoms in total. The Morgan fingerprint density at radius 3 is 1.95 bits per heavy atom. The number of benzene rings is 1. The molecule has 1 rings (SSSR count). The largest absolute Gasteiger partial charge is 0.468 e. The Morgan fingerprint density at radius 2 is 1.52 bits per heavy atom. The maximum atomic E-state index is 12.3. The Hall–Kier alpha value is -1.70. The van der Waals surface area contributed by atoms with E-state index in [2.05, 4.69) is 4.74 Å². The van der Waals surface area contributed by atoms with E-state index in [0.717, 1.165) is 6.08 Å². The minimum Gasteiger partial charge on any atom is -0.468 e. The molecule has 0 aliphatic rings. The first-order valence-electron chi connectivity index (χ1n) is 5.68. The highest BCUT2D eigenvalue weighted by Crippen LogP contribution is 2.40. The van der Waals surface area contributed by atoms with Crippen molar-refractivity contribution in [2.75, 3.05) is 13.9 Å². The van der Waals surface area contributed by atoms with Crippen molar-refractivity contribution >= 4 is 6.08 Å². The van der Waals surface area contributed by atoms with Crippen LogP contribution in [-0.4, -0.2) is 26.3 Å². The van der Waals surface area contributed by atoms with Gasteiger partial charge < -0.3 is 9.47 Å². The molecule has 1 aromatic rings. The molecule has 0 saturated carbocycles. The van der Waals surface area contributed by atoms with Crippen LogP contribution in [0.15, 0.2) is 30.3 Å². The molecule has 0 unspecified atom stereocenters. The van der Waals surface area contributed by atoms with E-state index >= 15 is 0 Å². The van der Waals surface area contributed by atoms with Gasteiger partial charge in [0.15, 0.2) is 12.7 Å². The zero-order chi connectivity index (χ0) is 16.1. The maximum Gasteiger partial charge on any atom is 0.403 e. The van der Waals surface area contributed by atoms with Gasteiger partial charge in [0.25, 0.3) is 0 Å². The van der Waals surface area contributed by atoms with Crippen LogP contribution in [0.4, 0.5) is 26.3 Å². The monoisotopic (exact) mass is 314 g/mol. The molecular weight excluding hydrogens is 302 g/mol. The molecule has 0 heterocycles. The van der Waals surface area contributed by atoms with Crippen LogP contribution in [0.5, 0.6) is 5.75 Å². The lowest BCUT2D eigenvalue weighted by Gasteiger charge is -2.19. The second-order valence-electron chi connectivity index (χ2n) is 4.04. The van der Waals surface area contributed by atoms with E-state index in [1.807, 2.05) is 0 Å². The van der Waals surface area contributed by atoms with Gasteiger partial charge in [-0.25, -0.2) is 0 Å². The van der Waals surface area contributed by atoms with Gasteiger partial charge in [-0.05, 0) is 17.7 Å². The van der Waals surface area contributed by atoms with Crippen LogP contribution in [0.3, 0.4) is 0 Å². The van der Waals surface area contributed by atoms with Crippen molar-refractivity contribution in [3.63, 3.8) is 0 Å². The summed E-state index contributed by atoms with van der Waals surface area (Å²) < 4.78 is 83.6. The Labute approximate surface area is 117 Å². The van der Waals surface area contributed by atoms with Gasteiger partial charge in [0, 0.05) is 7.11 Å². The van der Waals surface area contributed by atoms with E-state index in [0.29, 0.717) is 5.75 Å². The van der Waals surface area contributed by atoms with Crippen molar-refractivity contribution in [1.82, 2.24) is 0 Å². The third-order valence-electron chi connectivity index (χ3n) is 2.41. The van der Waals surface area contributed by atoms with Gasteiger partial charge >= 0.3 is 12.4 Å². The number of hydrogen-bond acceptors (Lipinski definition) is 2. The molecule has 0 fully saturated rings. The molecule has 0 aliphatic carbocycles. The third-order valence-corrected chi connectivity index (χ3v) is 2.41. The molecule has 0 bridgehead atoms. The summed E-state index contributed by atoms with van der Waals surface area (Å²) in [4.78, 5) is 0. The molecule has 0 spiro atoms. The number of allylic oxidation sites excluding steroid dienone is 1. The van der Waals surface area contributed by atoms with Crippen LogP contribution in [0, 0.1) is 5.92 Å². The highest BCUT2D eigenvalue weighted by atomic mass is 19.4. The third kappa shape index (κ3) is 5.66.